The fraction of sp³-hybridized carbons (Fsp3) is 0.462. The Morgan fingerprint density at radius 2 is 1.85 bits per heavy atom. The van der Waals surface area contributed by atoms with Gasteiger partial charge in [0.05, 0.1) is 0 Å². The van der Waals surface area contributed by atoms with Crippen molar-refractivity contribution in [2.75, 3.05) is 5.32 Å². The highest BCUT2D eigenvalue weighted by molar-refractivity contribution is 5.90. The monoisotopic (exact) mass is 287 g/mol. The van der Waals surface area contributed by atoms with Crippen molar-refractivity contribution in [2.24, 2.45) is 5.73 Å². The molecule has 0 saturated heterocycles. The van der Waals surface area contributed by atoms with Crippen molar-refractivity contribution in [1.29, 1.82) is 0 Å². The maximum absolute atomic E-state index is 12.7. The summed E-state index contributed by atoms with van der Waals surface area (Å²) in [6, 6.07) is 5.65. The second-order valence-corrected chi connectivity index (χ2v) is 5.07. The van der Waals surface area contributed by atoms with Crippen LogP contribution in [0.4, 0.5) is 23.7 Å². The quantitative estimate of drug-likeness (QED) is 0.800. The number of hydrogen-bond acceptors (Lipinski definition) is 2. The average Bonchev–Trinajstić information content (AvgIpc) is 3.09. The summed E-state index contributed by atoms with van der Waals surface area (Å²) in [5.41, 5.74) is 4.93. The molecule has 20 heavy (non-hydrogen) atoms. The van der Waals surface area contributed by atoms with Crippen LogP contribution in [0.2, 0.25) is 0 Å². The van der Waals surface area contributed by atoms with E-state index in [-0.39, 0.29) is 18.9 Å². The normalized spacial score (nSPS) is 18.2. The first-order valence-corrected chi connectivity index (χ1v) is 6.25. The van der Waals surface area contributed by atoms with Gasteiger partial charge in [-0.15, -0.1) is 0 Å². The molecule has 1 atom stereocenters. The highest BCUT2D eigenvalue weighted by Gasteiger charge is 2.64. The second-order valence-electron chi connectivity index (χ2n) is 5.07. The summed E-state index contributed by atoms with van der Waals surface area (Å²) < 4.78 is 38.0. The average molecular weight is 287 g/mol. The van der Waals surface area contributed by atoms with Crippen molar-refractivity contribution in [3.05, 3.63) is 29.8 Å². The zero-order valence-corrected chi connectivity index (χ0v) is 10.9. The van der Waals surface area contributed by atoms with Gasteiger partial charge in [-0.25, -0.2) is 4.79 Å². The molecule has 1 fully saturated rings. The number of halogens is 3. The summed E-state index contributed by atoms with van der Waals surface area (Å²) in [5, 5.41) is 4.38. The third kappa shape index (κ3) is 3.04. The number of hydrogen-bond donors (Lipinski definition) is 3. The number of amides is 2. The smallest absolute Gasteiger partial charge is 0.324 e. The molecule has 1 aliphatic rings. The van der Waals surface area contributed by atoms with E-state index in [0.29, 0.717) is 5.69 Å². The Morgan fingerprint density at radius 3 is 2.25 bits per heavy atom. The van der Waals surface area contributed by atoms with E-state index >= 15 is 0 Å². The number of carbonyl (C=O) groups is 1. The summed E-state index contributed by atoms with van der Waals surface area (Å²) >= 11 is 0. The van der Waals surface area contributed by atoms with E-state index in [9.17, 15) is 18.0 Å². The van der Waals surface area contributed by atoms with E-state index in [1.165, 1.54) is 0 Å². The van der Waals surface area contributed by atoms with Crippen molar-refractivity contribution >= 4 is 11.7 Å². The van der Waals surface area contributed by atoms with Crippen LogP contribution >= 0.6 is 0 Å². The topological polar surface area (TPSA) is 67.1 Å². The van der Waals surface area contributed by atoms with Gasteiger partial charge in [-0.05, 0) is 37.5 Å². The van der Waals surface area contributed by atoms with Gasteiger partial charge in [0, 0.05) is 11.7 Å². The van der Waals surface area contributed by atoms with Gasteiger partial charge in [0.25, 0.3) is 0 Å². The SMILES string of the molecule is CC(N)c1ccc(NC(=O)NC2(C(F)(F)F)CC2)cc1. The summed E-state index contributed by atoms with van der Waals surface area (Å²) in [7, 11) is 0. The molecular weight excluding hydrogens is 271 g/mol. The summed E-state index contributed by atoms with van der Waals surface area (Å²) in [4.78, 5) is 11.6. The van der Waals surface area contributed by atoms with Crippen molar-refractivity contribution in [2.45, 2.75) is 37.5 Å². The summed E-state index contributed by atoms with van der Waals surface area (Å²) in [6.07, 6.45) is -4.57. The van der Waals surface area contributed by atoms with Crippen molar-refractivity contribution in [3.8, 4) is 0 Å². The van der Waals surface area contributed by atoms with Gasteiger partial charge in [0.15, 0.2) is 0 Å². The van der Waals surface area contributed by atoms with Gasteiger partial charge in [-0.2, -0.15) is 13.2 Å². The predicted molar refractivity (Wildman–Crippen MR) is 69.2 cm³/mol. The Morgan fingerprint density at radius 1 is 1.30 bits per heavy atom. The van der Waals surface area contributed by atoms with Crippen molar-refractivity contribution < 1.29 is 18.0 Å². The Kier molecular flexibility index (Phi) is 3.64. The number of rotatable bonds is 3. The molecule has 2 amide bonds. The molecule has 0 bridgehead atoms. The highest BCUT2D eigenvalue weighted by Crippen LogP contribution is 2.48. The third-order valence-electron chi connectivity index (χ3n) is 3.34. The lowest BCUT2D eigenvalue weighted by Gasteiger charge is -2.21. The minimum Gasteiger partial charge on any atom is -0.324 e. The number of urea groups is 1. The molecule has 0 heterocycles. The van der Waals surface area contributed by atoms with E-state index in [0.717, 1.165) is 5.56 Å². The van der Waals surface area contributed by atoms with Gasteiger partial charge in [0.2, 0.25) is 0 Å². The molecule has 1 aliphatic carbocycles. The first-order valence-electron chi connectivity index (χ1n) is 6.25. The zero-order chi connectivity index (χ0) is 15.0. The fourth-order valence-electron chi connectivity index (χ4n) is 1.85. The van der Waals surface area contributed by atoms with Crippen LogP contribution in [0, 0.1) is 0 Å². The molecule has 7 heteroatoms. The molecular formula is C13H16F3N3O. The lowest BCUT2D eigenvalue weighted by Crippen LogP contribution is -2.49. The molecule has 1 aromatic rings. The van der Waals surface area contributed by atoms with E-state index in [2.05, 4.69) is 5.32 Å². The van der Waals surface area contributed by atoms with Crippen LogP contribution in [0.3, 0.4) is 0 Å². The molecule has 4 N–H and O–H groups in total. The standard InChI is InChI=1S/C13H16F3N3O/c1-8(17)9-2-4-10(5-3-9)18-11(20)19-12(6-7-12)13(14,15)16/h2-5,8H,6-7,17H2,1H3,(H2,18,19,20). The van der Waals surface area contributed by atoms with Crippen LogP contribution in [0.15, 0.2) is 24.3 Å². The van der Waals surface area contributed by atoms with Gasteiger partial charge < -0.3 is 16.4 Å². The molecule has 4 nitrogen and oxygen atoms in total. The number of benzene rings is 1. The maximum Gasteiger partial charge on any atom is 0.411 e. The van der Waals surface area contributed by atoms with Crippen LogP contribution in [-0.4, -0.2) is 17.7 Å². The highest BCUT2D eigenvalue weighted by atomic mass is 19.4. The first-order chi connectivity index (χ1) is 9.23. The molecule has 1 saturated carbocycles. The minimum atomic E-state index is -4.41. The van der Waals surface area contributed by atoms with E-state index in [1.54, 1.807) is 24.3 Å². The fourth-order valence-corrected chi connectivity index (χ4v) is 1.85. The van der Waals surface area contributed by atoms with Crippen LogP contribution < -0.4 is 16.4 Å². The van der Waals surface area contributed by atoms with Gasteiger partial charge >= 0.3 is 12.2 Å². The Labute approximate surface area is 114 Å². The Hall–Kier alpha value is -1.76. The summed E-state index contributed by atoms with van der Waals surface area (Å²) in [5.74, 6) is 0. The van der Waals surface area contributed by atoms with Crippen molar-refractivity contribution in [1.82, 2.24) is 5.32 Å². The molecule has 0 aliphatic heterocycles. The van der Waals surface area contributed by atoms with Crippen LogP contribution in [0.5, 0.6) is 0 Å². The van der Waals surface area contributed by atoms with E-state index in [1.807, 2.05) is 12.2 Å². The summed E-state index contributed by atoms with van der Waals surface area (Å²) in [6.45, 7) is 1.81. The van der Waals surface area contributed by atoms with E-state index in [4.69, 9.17) is 5.73 Å². The van der Waals surface area contributed by atoms with Crippen molar-refractivity contribution in [3.63, 3.8) is 0 Å². The van der Waals surface area contributed by atoms with Crippen LogP contribution in [0.25, 0.3) is 0 Å². The lowest BCUT2D eigenvalue weighted by molar-refractivity contribution is -0.162. The Bertz CT molecular complexity index is 493. The third-order valence-corrected chi connectivity index (χ3v) is 3.34. The predicted octanol–water partition coefficient (Wildman–Crippen LogP) is 2.92. The second kappa shape index (κ2) is 4.97. The van der Waals surface area contributed by atoms with Gasteiger partial charge in [-0.1, -0.05) is 12.1 Å². The molecule has 1 unspecified atom stereocenters. The van der Waals surface area contributed by atoms with Gasteiger partial charge in [-0.3, -0.25) is 0 Å². The van der Waals surface area contributed by atoms with E-state index < -0.39 is 17.7 Å². The first kappa shape index (κ1) is 14.6. The minimum absolute atomic E-state index is 0.0758. The van der Waals surface area contributed by atoms with Crippen LogP contribution in [0.1, 0.15) is 31.4 Å². The lowest BCUT2D eigenvalue weighted by atomic mass is 10.1. The molecule has 2 rings (SSSR count). The molecule has 1 aromatic carbocycles. The molecule has 0 spiro atoms. The van der Waals surface area contributed by atoms with Crippen LogP contribution in [-0.2, 0) is 0 Å². The largest absolute Gasteiger partial charge is 0.411 e. The molecule has 110 valence electrons. The number of alkyl halides is 3. The Balaban J connectivity index is 1.95. The number of nitrogens with two attached hydrogens (primary N) is 1. The number of carbonyl (C=O) groups excluding carboxylic acids is 1. The molecule has 0 radical (unpaired) electrons. The number of anilines is 1. The number of nitrogens with one attached hydrogen (secondary N) is 2. The maximum atomic E-state index is 12.7. The van der Waals surface area contributed by atoms with Gasteiger partial charge in [0.1, 0.15) is 5.54 Å². The molecule has 0 aromatic heterocycles. The zero-order valence-electron chi connectivity index (χ0n) is 10.9.